The quantitative estimate of drug-likeness (QED) is 0.517. The molecule has 0 atom stereocenters. The number of aromatic nitrogens is 2. The van der Waals surface area contributed by atoms with Crippen LogP contribution in [0.4, 0.5) is 0 Å². The zero-order valence-corrected chi connectivity index (χ0v) is 5.78. The van der Waals surface area contributed by atoms with Crippen LogP contribution in [0.2, 0.25) is 0 Å². The molecule has 0 saturated heterocycles. The Bertz CT molecular complexity index is 262. The molecule has 1 radical (unpaired) electrons. The minimum Gasteiger partial charge on any atom is -0.363 e. The Morgan fingerprint density at radius 3 is 3.50 bits per heavy atom. The highest BCUT2D eigenvalue weighted by molar-refractivity contribution is 5.40. The lowest BCUT2D eigenvalue weighted by molar-refractivity contribution is 0.355. The van der Waals surface area contributed by atoms with Crippen molar-refractivity contribution in [2.75, 3.05) is 7.05 Å². The lowest BCUT2D eigenvalue weighted by Gasteiger charge is -2.19. The second-order valence-electron chi connectivity index (χ2n) is 2.41. The number of hydrogen-bond donors (Lipinski definition) is 0. The average Bonchev–Trinajstić information content (AvgIpc) is 2.33. The van der Waals surface area contributed by atoms with Crippen LogP contribution < -0.4 is 0 Å². The van der Waals surface area contributed by atoms with Crippen molar-refractivity contribution in [3.63, 3.8) is 0 Å². The largest absolute Gasteiger partial charge is 0.363 e. The van der Waals surface area contributed by atoms with Crippen molar-refractivity contribution in [1.82, 2.24) is 14.5 Å². The van der Waals surface area contributed by atoms with E-state index in [4.69, 9.17) is 0 Å². The summed E-state index contributed by atoms with van der Waals surface area (Å²) in [6, 6.07) is 0. The van der Waals surface area contributed by atoms with E-state index >= 15 is 0 Å². The Hall–Kier alpha value is -1.25. The lowest BCUT2D eigenvalue weighted by Crippen LogP contribution is -2.19. The summed E-state index contributed by atoms with van der Waals surface area (Å²) in [5.74, 6) is 0.984. The Balaban J connectivity index is 2.43. The Morgan fingerprint density at radius 1 is 1.70 bits per heavy atom. The molecule has 1 aliphatic heterocycles. The van der Waals surface area contributed by atoms with E-state index in [0.717, 1.165) is 12.5 Å². The summed E-state index contributed by atoms with van der Waals surface area (Å²) in [7, 11) is 2.03. The Morgan fingerprint density at radius 2 is 2.60 bits per heavy atom. The number of nitrogens with zero attached hydrogens (tertiary/aromatic N) is 3. The van der Waals surface area contributed by atoms with Crippen LogP contribution in [0.3, 0.4) is 0 Å². The van der Waals surface area contributed by atoms with E-state index in [1.165, 1.54) is 0 Å². The lowest BCUT2D eigenvalue weighted by atomic mass is 10.5. The monoisotopic (exact) mass is 134 g/mol. The van der Waals surface area contributed by atoms with Gasteiger partial charge in [0.25, 0.3) is 0 Å². The van der Waals surface area contributed by atoms with Gasteiger partial charge in [-0.15, -0.1) is 0 Å². The fraction of sp³-hybridized carbons (Fsp3) is 0.286. The molecular weight excluding hydrogens is 126 g/mol. The molecule has 2 rings (SSSR count). The molecule has 1 aromatic rings. The summed E-state index contributed by atoms with van der Waals surface area (Å²) in [6.07, 6.45) is 8.63. The predicted octanol–water partition coefficient (Wildman–Crippen LogP) is 0.557. The van der Waals surface area contributed by atoms with E-state index in [-0.39, 0.29) is 0 Å². The first kappa shape index (κ1) is 5.53. The van der Waals surface area contributed by atoms with Crippen LogP contribution in [0.15, 0.2) is 12.4 Å². The molecule has 10 heavy (non-hydrogen) atoms. The molecule has 3 nitrogen and oxygen atoms in total. The minimum atomic E-state index is 0.877. The average molecular weight is 134 g/mol. The highest BCUT2D eigenvalue weighted by atomic mass is 15.3. The molecular formula is C7H8N3. The van der Waals surface area contributed by atoms with Crippen LogP contribution in [0.1, 0.15) is 5.82 Å². The van der Waals surface area contributed by atoms with Gasteiger partial charge in [0.05, 0.1) is 6.67 Å². The molecule has 0 N–H and O–H groups in total. The number of hydrogen-bond acceptors (Lipinski definition) is 2. The molecule has 0 saturated carbocycles. The van der Waals surface area contributed by atoms with Crippen LogP contribution in [-0.2, 0) is 6.67 Å². The molecule has 0 amide bonds. The van der Waals surface area contributed by atoms with Crippen molar-refractivity contribution in [3.05, 3.63) is 24.4 Å². The van der Waals surface area contributed by atoms with Crippen molar-refractivity contribution < 1.29 is 0 Å². The zero-order chi connectivity index (χ0) is 6.97. The highest BCUT2D eigenvalue weighted by Crippen LogP contribution is 2.07. The van der Waals surface area contributed by atoms with Crippen LogP contribution in [0.25, 0.3) is 6.08 Å². The normalized spacial score (nSPS) is 15.5. The van der Waals surface area contributed by atoms with Crippen molar-refractivity contribution >= 4 is 6.08 Å². The first-order chi connectivity index (χ1) is 4.86. The molecule has 1 aromatic heterocycles. The second-order valence-corrected chi connectivity index (χ2v) is 2.41. The number of rotatable bonds is 0. The third-order valence-electron chi connectivity index (χ3n) is 1.54. The maximum Gasteiger partial charge on any atom is 0.136 e. The standard InChI is InChI=1S/C7H8N3/c1-9-4-2-7-8-3-5-10(7)6-9/h2,4-5H,6H2,1H3. The van der Waals surface area contributed by atoms with Crippen molar-refractivity contribution in [3.8, 4) is 0 Å². The summed E-state index contributed by atoms with van der Waals surface area (Å²) in [4.78, 5) is 6.10. The molecule has 0 unspecified atom stereocenters. The van der Waals surface area contributed by atoms with Gasteiger partial charge in [-0.2, -0.15) is 0 Å². The summed E-state index contributed by atoms with van der Waals surface area (Å²) < 4.78 is 2.04. The van der Waals surface area contributed by atoms with Gasteiger partial charge in [0, 0.05) is 19.4 Å². The minimum absolute atomic E-state index is 0.877. The summed E-state index contributed by atoms with van der Waals surface area (Å²) in [5.41, 5.74) is 0. The zero-order valence-electron chi connectivity index (χ0n) is 5.78. The molecule has 0 aromatic carbocycles. The number of imidazole rings is 1. The number of fused-ring (bicyclic) bond motifs is 1. The summed E-state index contributed by atoms with van der Waals surface area (Å²) in [5, 5.41) is 0. The van der Waals surface area contributed by atoms with E-state index < -0.39 is 0 Å². The molecule has 0 aliphatic carbocycles. The third kappa shape index (κ3) is 0.708. The smallest absolute Gasteiger partial charge is 0.136 e. The van der Waals surface area contributed by atoms with E-state index in [9.17, 15) is 0 Å². The molecule has 51 valence electrons. The molecule has 0 fully saturated rings. The fourth-order valence-electron chi connectivity index (χ4n) is 1.02. The van der Waals surface area contributed by atoms with Gasteiger partial charge < -0.3 is 9.47 Å². The van der Waals surface area contributed by atoms with Gasteiger partial charge in [0.1, 0.15) is 12.0 Å². The topological polar surface area (TPSA) is 21.1 Å². The maximum atomic E-state index is 4.02. The Labute approximate surface area is 59.6 Å². The van der Waals surface area contributed by atoms with E-state index in [1.54, 1.807) is 0 Å². The second kappa shape index (κ2) is 1.87. The van der Waals surface area contributed by atoms with Crippen molar-refractivity contribution in [2.24, 2.45) is 0 Å². The molecule has 0 bridgehead atoms. The van der Waals surface area contributed by atoms with Gasteiger partial charge in [-0.05, 0) is 6.08 Å². The van der Waals surface area contributed by atoms with Crippen LogP contribution in [0.5, 0.6) is 0 Å². The molecule has 0 spiro atoms. The van der Waals surface area contributed by atoms with Gasteiger partial charge >= 0.3 is 0 Å². The van der Waals surface area contributed by atoms with Gasteiger partial charge in [0.2, 0.25) is 0 Å². The summed E-state index contributed by atoms with van der Waals surface area (Å²) in [6.45, 7) is 0.877. The van der Waals surface area contributed by atoms with E-state index in [2.05, 4.69) is 16.1 Å². The van der Waals surface area contributed by atoms with Gasteiger partial charge in [-0.1, -0.05) is 0 Å². The van der Waals surface area contributed by atoms with Crippen molar-refractivity contribution in [2.45, 2.75) is 6.67 Å². The first-order valence-electron chi connectivity index (χ1n) is 3.18. The predicted molar refractivity (Wildman–Crippen MR) is 37.9 cm³/mol. The van der Waals surface area contributed by atoms with Crippen LogP contribution in [-0.4, -0.2) is 21.5 Å². The third-order valence-corrected chi connectivity index (χ3v) is 1.54. The Kier molecular flexibility index (Phi) is 1.03. The fourth-order valence-corrected chi connectivity index (χ4v) is 1.02. The molecule has 2 heterocycles. The van der Waals surface area contributed by atoms with Gasteiger partial charge in [-0.3, -0.25) is 0 Å². The molecule has 3 heteroatoms. The maximum absolute atomic E-state index is 4.02. The van der Waals surface area contributed by atoms with Crippen LogP contribution >= 0.6 is 0 Å². The first-order valence-corrected chi connectivity index (χ1v) is 3.18. The van der Waals surface area contributed by atoms with Crippen LogP contribution in [0, 0.1) is 6.20 Å². The van der Waals surface area contributed by atoms with E-state index in [1.807, 2.05) is 30.1 Å². The van der Waals surface area contributed by atoms with Gasteiger partial charge in [0.15, 0.2) is 0 Å². The molecule has 1 aliphatic rings. The summed E-state index contributed by atoms with van der Waals surface area (Å²) >= 11 is 0. The van der Waals surface area contributed by atoms with Gasteiger partial charge in [-0.25, -0.2) is 4.98 Å². The highest BCUT2D eigenvalue weighted by Gasteiger charge is 2.04. The van der Waals surface area contributed by atoms with E-state index in [0.29, 0.717) is 0 Å². The SMILES string of the molecule is CN1C=Cc2n[c]cn2C1. The van der Waals surface area contributed by atoms with Crippen molar-refractivity contribution in [1.29, 1.82) is 0 Å².